The summed E-state index contributed by atoms with van der Waals surface area (Å²) < 4.78 is 24.7. The van der Waals surface area contributed by atoms with Crippen molar-refractivity contribution in [2.24, 2.45) is 0 Å². The Hall–Kier alpha value is -2.15. The molecule has 1 aromatic carbocycles. The van der Waals surface area contributed by atoms with Gasteiger partial charge in [-0.15, -0.1) is 6.42 Å². The van der Waals surface area contributed by atoms with E-state index in [1.807, 2.05) is 0 Å². The summed E-state index contributed by atoms with van der Waals surface area (Å²) in [5.41, 5.74) is 0.513. The first-order chi connectivity index (χ1) is 11.5. The van der Waals surface area contributed by atoms with Crippen LogP contribution in [0.5, 0.6) is 0 Å². The SMILES string of the molecule is C#CCNc1nc(Nc2cccc(S(=O)(=O)CCO)c2)ncc1Br. The highest BCUT2D eigenvalue weighted by atomic mass is 79.9. The third kappa shape index (κ3) is 4.67. The van der Waals surface area contributed by atoms with E-state index in [0.29, 0.717) is 22.5 Å². The number of hydrogen-bond donors (Lipinski definition) is 3. The summed E-state index contributed by atoms with van der Waals surface area (Å²) in [5, 5.41) is 14.7. The number of aliphatic hydroxyl groups excluding tert-OH is 1. The number of terminal acetylenes is 1. The second-order valence-electron chi connectivity index (χ2n) is 4.64. The van der Waals surface area contributed by atoms with Gasteiger partial charge >= 0.3 is 0 Å². The lowest BCUT2D eigenvalue weighted by atomic mass is 10.3. The molecule has 126 valence electrons. The van der Waals surface area contributed by atoms with Crippen LogP contribution in [0.15, 0.2) is 39.8 Å². The number of aliphatic hydroxyl groups is 1. The van der Waals surface area contributed by atoms with E-state index in [1.165, 1.54) is 12.1 Å². The minimum absolute atomic E-state index is 0.115. The molecule has 0 atom stereocenters. The molecule has 1 heterocycles. The third-order valence-electron chi connectivity index (χ3n) is 2.91. The Morgan fingerprint density at radius 3 is 2.88 bits per heavy atom. The van der Waals surface area contributed by atoms with E-state index >= 15 is 0 Å². The summed E-state index contributed by atoms with van der Waals surface area (Å²) in [5.74, 6) is 2.93. The molecule has 3 N–H and O–H groups in total. The van der Waals surface area contributed by atoms with Crippen molar-refractivity contribution in [2.45, 2.75) is 4.90 Å². The summed E-state index contributed by atoms with van der Waals surface area (Å²) in [6.45, 7) is -0.121. The van der Waals surface area contributed by atoms with Crippen molar-refractivity contribution < 1.29 is 13.5 Å². The molecule has 0 aliphatic carbocycles. The Morgan fingerprint density at radius 1 is 1.38 bits per heavy atom. The van der Waals surface area contributed by atoms with Gasteiger partial charge in [-0.2, -0.15) is 4.98 Å². The van der Waals surface area contributed by atoms with Gasteiger partial charge < -0.3 is 15.7 Å². The lowest BCUT2D eigenvalue weighted by Gasteiger charge is -2.10. The maximum atomic E-state index is 12.0. The topological polar surface area (TPSA) is 104 Å². The van der Waals surface area contributed by atoms with Crippen molar-refractivity contribution in [2.75, 3.05) is 29.5 Å². The van der Waals surface area contributed by atoms with Gasteiger partial charge in [-0.05, 0) is 34.1 Å². The van der Waals surface area contributed by atoms with Gasteiger partial charge in [0.1, 0.15) is 5.82 Å². The number of rotatable bonds is 7. The number of aromatic nitrogens is 2. The molecule has 1 aromatic heterocycles. The fourth-order valence-electron chi connectivity index (χ4n) is 1.82. The molecule has 0 aliphatic rings. The van der Waals surface area contributed by atoms with Gasteiger partial charge in [0, 0.05) is 11.9 Å². The van der Waals surface area contributed by atoms with Crippen LogP contribution < -0.4 is 10.6 Å². The molecule has 0 spiro atoms. The predicted molar refractivity (Wildman–Crippen MR) is 95.9 cm³/mol. The molecule has 0 unspecified atom stereocenters. The van der Waals surface area contributed by atoms with Crippen LogP contribution in [-0.4, -0.2) is 42.4 Å². The van der Waals surface area contributed by atoms with E-state index in [1.54, 1.807) is 18.3 Å². The van der Waals surface area contributed by atoms with Gasteiger partial charge in [-0.25, -0.2) is 13.4 Å². The molecule has 0 radical (unpaired) electrons. The van der Waals surface area contributed by atoms with E-state index in [0.717, 1.165) is 0 Å². The summed E-state index contributed by atoms with van der Waals surface area (Å²) in [7, 11) is -3.52. The van der Waals surface area contributed by atoms with Crippen LogP contribution in [0.25, 0.3) is 0 Å². The Bertz CT molecular complexity index is 865. The van der Waals surface area contributed by atoms with Crippen molar-refractivity contribution >= 4 is 43.2 Å². The summed E-state index contributed by atoms with van der Waals surface area (Å²) in [6, 6.07) is 6.23. The first-order valence-electron chi connectivity index (χ1n) is 6.87. The minimum Gasteiger partial charge on any atom is -0.395 e. The van der Waals surface area contributed by atoms with Crippen molar-refractivity contribution in [3.8, 4) is 12.3 Å². The van der Waals surface area contributed by atoms with Crippen LogP contribution in [0.4, 0.5) is 17.5 Å². The summed E-state index contributed by atoms with van der Waals surface area (Å²) in [6.07, 6.45) is 6.76. The Labute approximate surface area is 148 Å². The number of sulfone groups is 1. The molecule has 0 fully saturated rings. The summed E-state index contributed by atoms with van der Waals surface area (Å²) in [4.78, 5) is 8.50. The van der Waals surface area contributed by atoms with Gasteiger partial charge in [0.2, 0.25) is 5.95 Å². The minimum atomic E-state index is -3.52. The molecular formula is C15H15BrN4O3S. The lowest BCUT2D eigenvalue weighted by molar-refractivity contribution is 0.319. The fraction of sp³-hybridized carbons (Fsp3) is 0.200. The van der Waals surface area contributed by atoms with Crippen molar-refractivity contribution in [3.63, 3.8) is 0 Å². The molecule has 0 bridgehead atoms. The quantitative estimate of drug-likeness (QED) is 0.597. The Morgan fingerprint density at radius 2 is 2.17 bits per heavy atom. The van der Waals surface area contributed by atoms with Gasteiger partial charge in [0.05, 0.1) is 28.3 Å². The number of hydrogen-bond acceptors (Lipinski definition) is 7. The van der Waals surface area contributed by atoms with Gasteiger partial charge in [-0.3, -0.25) is 0 Å². The molecule has 7 nitrogen and oxygen atoms in total. The predicted octanol–water partition coefficient (Wildman–Crippen LogP) is 1.79. The first-order valence-corrected chi connectivity index (χ1v) is 9.31. The summed E-state index contributed by atoms with van der Waals surface area (Å²) >= 11 is 3.31. The molecule has 2 rings (SSSR count). The molecule has 0 saturated carbocycles. The van der Waals surface area contributed by atoms with Crippen molar-refractivity contribution in [1.29, 1.82) is 0 Å². The second-order valence-corrected chi connectivity index (χ2v) is 7.61. The van der Waals surface area contributed by atoms with E-state index in [-0.39, 0.29) is 16.6 Å². The highest BCUT2D eigenvalue weighted by Crippen LogP contribution is 2.23. The zero-order valence-corrected chi connectivity index (χ0v) is 14.9. The fourth-order valence-corrected chi connectivity index (χ4v) is 3.22. The largest absolute Gasteiger partial charge is 0.395 e. The number of halogens is 1. The Balaban J connectivity index is 2.24. The molecule has 0 aliphatic heterocycles. The average molecular weight is 411 g/mol. The normalized spacial score (nSPS) is 10.9. The average Bonchev–Trinajstić information content (AvgIpc) is 2.55. The van der Waals surface area contributed by atoms with Crippen LogP contribution in [0.1, 0.15) is 0 Å². The monoisotopic (exact) mass is 410 g/mol. The Kier molecular flexibility index (Phi) is 6.14. The molecule has 0 amide bonds. The van der Waals surface area contributed by atoms with Crippen molar-refractivity contribution in [3.05, 3.63) is 34.9 Å². The molecule has 24 heavy (non-hydrogen) atoms. The number of nitrogens with zero attached hydrogens (tertiary/aromatic N) is 2. The van der Waals surface area contributed by atoms with E-state index in [4.69, 9.17) is 11.5 Å². The lowest BCUT2D eigenvalue weighted by Crippen LogP contribution is -2.10. The van der Waals surface area contributed by atoms with Crippen LogP contribution in [-0.2, 0) is 9.84 Å². The highest BCUT2D eigenvalue weighted by Gasteiger charge is 2.14. The van der Waals surface area contributed by atoms with Crippen LogP contribution in [0.3, 0.4) is 0 Å². The van der Waals surface area contributed by atoms with Gasteiger partial charge in [0.25, 0.3) is 0 Å². The van der Waals surface area contributed by atoms with Crippen LogP contribution in [0.2, 0.25) is 0 Å². The number of anilines is 3. The molecule has 0 saturated heterocycles. The van der Waals surface area contributed by atoms with Crippen molar-refractivity contribution in [1.82, 2.24) is 9.97 Å². The smallest absolute Gasteiger partial charge is 0.229 e. The number of nitrogens with one attached hydrogen (secondary N) is 2. The van der Waals surface area contributed by atoms with Crippen LogP contribution in [0, 0.1) is 12.3 Å². The molecular weight excluding hydrogens is 396 g/mol. The second kappa shape index (κ2) is 8.10. The standard InChI is InChI=1S/C15H15BrN4O3S/c1-2-6-17-14-13(16)10-18-15(20-14)19-11-4-3-5-12(9-11)24(22,23)8-7-21/h1,3-5,9-10,21H,6-8H2,(H2,17,18,19,20). The highest BCUT2D eigenvalue weighted by molar-refractivity contribution is 9.10. The molecule has 2 aromatic rings. The van der Waals surface area contributed by atoms with Crippen LogP contribution >= 0.6 is 15.9 Å². The van der Waals surface area contributed by atoms with E-state index in [2.05, 4.69) is 42.5 Å². The first kappa shape index (κ1) is 18.2. The molecule has 9 heteroatoms. The van der Waals surface area contributed by atoms with E-state index in [9.17, 15) is 8.42 Å². The zero-order valence-electron chi connectivity index (χ0n) is 12.5. The van der Waals surface area contributed by atoms with Gasteiger partial charge in [-0.1, -0.05) is 12.0 Å². The maximum Gasteiger partial charge on any atom is 0.229 e. The third-order valence-corrected chi connectivity index (χ3v) is 5.18. The van der Waals surface area contributed by atoms with E-state index < -0.39 is 16.4 Å². The number of benzene rings is 1. The maximum absolute atomic E-state index is 12.0. The zero-order chi connectivity index (χ0) is 17.6. The van der Waals surface area contributed by atoms with Gasteiger partial charge in [0.15, 0.2) is 9.84 Å².